The summed E-state index contributed by atoms with van der Waals surface area (Å²) in [5, 5.41) is 19.8. The first-order valence-electron chi connectivity index (χ1n) is 23.2. The van der Waals surface area contributed by atoms with E-state index in [1.165, 1.54) is 44.5 Å². The van der Waals surface area contributed by atoms with Crippen LogP contribution in [0.2, 0.25) is 0 Å². The molecular weight excluding hydrogens is 825 g/mol. The fraction of sp³-hybridized carbons (Fsp3) is 0.0938. The van der Waals surface area contributed by atoms with Crippen LogP contribution in [0.1, 0.15) is 61.1 Å². The Morgan fingerprint density at radius 3 is 1.26 bits per heavy atom. The summed E-state index contributed by atoms with van der Waals surface area (Å²) in [6, 6.07) is 73.1. The molecule has 0 unspecified atom stereocenters. The zero-order valence-electron chi connectivity index (χ0n) is 38.3. The molecule has 1 aromatic heterocycles. The van der Waals surface area contributed by atoms with Crippen LogP contribution in [0.3, 0.4) is 0 Å². The monoisotopic (exact) mass is 868 g/mol. The Hall–Kier alpha value is -8.70. The fourth-order valence-electron chi connectivity index (χ4n) is 10.8. The Kier molecular flexibility index (Phi) is 9.27. The number of aromatic nitrogens is 2. The number of nitrogens with zero attached hydrogens (tertiary/aromatic N) is 4. The Balaban J connectivity index is 1.09. The van der Waals surface area contributed by atoms with E-state index in [0.717, 1.165) is 72.2 Å². The summed E-state index contributed by atoms with van der Waals surface area (Å²) in [6.07, 6.45) is 0. The second kappa shape index (κ2) is 15.5. The molecule has 0 fully saturated rings. The molecule has 0 aliphatic heterocycles. The van der Waals surface area contributed by atoms with Gasteiger partial charge in [-0.25, -0.2) is 9.97 Å². The molecule has 68 heavy (non-hydrogen) atoms. The molecule has 0 spiro atoms. The van der Waals surface area contributed by atoms with E-state index in [1.807, 2.05) is 48.5 Å². The fourth-order valence-corrected chi connectivity index (χ4v) is 10.8. The van der Waals surface area contributed by atoms with Crippen molar-refractivity contribution in [3.05, 3.63) is 228 Å². The average molecular weight is 869 g/mol. The van der Waals surface area contributed by atoms with Crippen molar-refractivity contribution < 1.29 is 0 Å². The molecule has 0 saturated heterocycles. The van der Waals surface area contributed by atoms with Crippen LogP contribution in [0.15, 0.2) is 194 Å². The van der Waals surface area contributed by atoms with Crippen LogP contribution in [0.5, 0.6) is 0 Å². The van der Waals surface area contributed by atoms with Gasteiger partial charge < -0.3 is 0 Å². The molecule has 12 rings (SSSR count). The summed E-state index contributed by atoms with van der Waals surface area (Å²) in [7, 11) is 0. The zero-order valence-corrected chi connectivity index (χ0v) is 38.3. The van der Waals surface area contributed by atoms with Gasteiger partial charge in [-0.05, 0) is 132 Å². The lowest BCUT2D eigenvalue weighted by Crippen LogP contribution is -2.15. The van der Waals surface area contributed by atoms with Crippen molar-refractivity contribution in [3.63, 3.8) is 0 Å². The quantitative estimate of drug-likeness (QED) is 0.167. The van der Waals surface area contributed by atoms with E-state index in [0.29, 0.717) is 17.0 Å². The van der Waals surface area contributed by atoms with Gasteiger partial charge in [-0.15, -0.1) is 0 Å². The first-order chi connectivity index (χ1) is 33.1. The van der Waals surface area contributed by atoms with Gasteiger partial charge in [0, 0.05) is 32.9 Å². The third kappa shape index (κ3) is 6.49. The highest BCUT2D eigenvalue weighted by molar-refractivity contribution is 6.05. The SMILES string of the molecule is CC1(C)c2ccccc2-c2ccc(-c3cc(-c4ccc5c(c4)C(C)(C)c4ccccc4-5)c4nc(-c5ccc(-c6ccc(C#N)cc6)cc5)nc(-c5ccc(-c6ccc(C#N)cc6)cc5)c4c3)cc21. The van der Waals surface area contributed by atoms with E-state index < -0.39 is 0 Å². The van der Waals surface area contributed by atoms with Gasteiger partial charge in [0.1, 0.15) is 0 Å². The zero-order chi connectivity index (χ0) is 46.3. The van der Waals surface area contributed by atoms with E-state index in [-0.39, 0.29) is 10.8 Å². The first kappa shape index (κ1) is 40.8. The Bertz CT molecular complexity index is 3770. The van der Waals surface area contributed by atoms with Gasteiger partial charge in [0.2, 0.25) is 0 Å². The predicted octanol–water partition coefficient (Wildman–Crippen LogP) is 16.0. The number of nitriles is 2. The van der Waals surface area contributed by atoms with Crippen molar-refractivity contribution in [2.75, 3.05) is 0 Å². The molecule has 0 amide bonds. The maximum absolute atomic E-state index is 9.45. The van der Waals surface area contributed by atoms with Crippen molar-refractivity contribution in [2.24, 2.45) is 0 Å². The van der Waals surface area contributed by atoms with Crippen molar-refractivity contribution in [1.29, 1.82) is 10.5 Å². The third-order valence-electron chi connectivity index (χ3n) is 14.6. The second-order valence-corrected chi connectivity index (χ2v) is 19.2. The van der Waals surface area contributed by atoms with Gasteiger partial charge in [0.15, 0.2) is 5.82 Å². The molecule has 0 bridgehead atoms. The summed E-state index contributed by atoms with van der Waals surface area (Å²) in [6.45, 7) is 9.34. The van der Waals surface area contributed by atoms with Crippen molar-refractivity contribution >= 4 is 10.9 Å². The number of hydrogen-bond acceptors (Lipinski definition) is 4. The number of hydrogen-bond donors (Lipinski definition) is 0. The Morgan fingerprint density at radius 1 is 0.338 bits per heavy atom. The van der Waals surface area contributed by atoms with Crippen LogP contribution in [0, 0.1) is 22.7 Å². The molecule has 0 radical (unpaired) electrons. The highest BCUT2D eigenvalue weighted by Crippen LogP contribution is 2.52. The van der Waals surface area contributed by atoms with Crippen molar-refractivity contribution in [2.45, 2.75) is 38.5 Å². The van der Waals surface area contributed by atoms with Crippen LogP contribution in [0.4, 0.5) is 0 Å². The topological polar surface area (TPSA) is 73.4 Å². The summed E-state index contributed by atoms with van der Waals surface area (Å²) in [5.41, 5.74) is 23.6. The van der Waals surface area contributed by atoms with Gasteiger partial charge in [-0.1, -0.05) is 173 Å². The van der Waals surface area contributed by atoms with Gasteiger partial charge in [-0.2, -0.15) is 10.5 Å². The van der Waals surface area contributed by atoms with Gasteiger partial charge in [0.25, 0.3) is 0 Å². The predicted molar refractivity (Wildman–Crippen MR) is 277 cm³/mol. The molecule has 4 heteroatoms. The minimum Gasteiger partial charge on any atom is -0.227 e. The molecule has 9 aromatic carbocycles. The van der Waals surface area contributed by atoms with Gasteiger partial charge in [-0.3, -0.25) is 0 Å². The number of rotatable bonds is 6. The molecule has 2 aliphatic rings. The molecular formula is C64H44N4. The standard InChI is InChI=1S/C64H44N4/c1-63(2)56-11-7-5-9-50(56)52-31-29-47(35-58(52)63)49-33-54(48-30-32-53-51-10-6-8-12-57(51)64(3,4)59(53)36-48)61-55(34-49)60(45-25-21-43(22-26-45)41-17-13-39(37-65)14-18-41)67-62(68-61)46-27-23-44(24-28-46)42-19-15-40(38-66)16-20-42/h5-36H,1-4H3. The Labute approximate surface area is 397 Å². The summed E-state index contributed by atoms with van der Waals surface area (Å²) >= 11 is 0. The van der Waals surface area contributed by atoms with Crippen molar-refractivity contribution in [1.82, 2.24) is 9.97 Å². The average Bonchev–Trinajstić information content (AvgIpc) is 3.76. The van der Waals surface area contributed by atoms with Crippen LogP contribution < -0.4 is 0 Å². The second-order valence-electron chi connectivity index (χ2n) is 19.2. The van der Waals surface area contributed by atoms with Crippen LogP contribution in [0.25, 0.3) is 100 Å². The minimum absolute atomic E-state index is 0.155. The Morgan fingerprint density at radius 2 is 0.750 bits per heavy atom. The van der Waals surface area contributed by atoms with E-state index in [2.05, 4.69) is 185 Å². The lowest BCUT2D eigenvalue weighted by Gasteiger charge is -2.23. The van der Waals surface area contributed by atoms with Crippen molar-refractivity contribution in [3.8, 4) is 102 Å². The maximum atomic E-state index is 9.45. The highest BCUT2D eigenvalue weighted by atomic mass is 14.9. The molecule has 0 saturated carbocycles. The number of benzene rings is 9. The third-order valence-corrected chi connectivity index (χ3v) is 14.6. The minimum atomic E-state index is -0.186. The molecule has 1 heterocycles. The van der Waals surface area contributed by atoms with E-state index >= 15 is 0 Å². The molecule has 4 nitrogen and oxygen atoms in total. The summed E-state index contributed by atoms with van der Waals surface area (Å²) < 4.78 is 0. The maximum Gasteiger partial charge on any atom is 0.160 e. The normalized spacial score (nSPS) is 13.5. The van der Waals surface area contributed by atoms with E-state index in [4.69, 9.17) is 9.97 Å². The van der Waals surface area contributed by atoms with Crippen LogP contribution in [-0.4, -0.2) is 9.97 Å². The lowest BCUT2D eigenvalue weighted by atomic mass is 9.81. The lowest BCUT2D eigenvalue weighted by molar-refractivity contribution is 0.660. The molecule has 320 valence electrons. The van der Waals surface area contributed by atoms with E-state index in [9.17, 15) is 10.5 Å². The molecule has 10 aromatic rings. The number of fused-ring (bicyclic) bond motifs is 7. The highest BCUT2D eigenvalue weighted by Gasteiger charge is 2.37. The van der Waals surface area contributed by atoms with Crippen LogP contribution >= 0.6 is 0 Å². The van der Waals surface area contributed by atoms with Crippen LogP contribution in [-0.2, 0) is 10.8 Å². The van der Waals surface area contributed by atoms with Gasteiger partial charge >= 0.3 is 0 Å². The molecule has 0 atom stereocenters. The van der Waals surface area contributed by atoms with Gasteiger partial charge in [0.05, 0.1) is 34.5 Å². The summed E-state index contributed by atoms with van der Waals surface area (Å²) in [5.74, 6) is 0.634. The molecule has 0 N–H and O–H groups in total. The first-order valence-corrected chi connectivity index (χ1v) is 23.2. The van der Waals surface area contributed by atoms with E-state index in [1.54, 1.807) is 0 Å². The summed E-state index contributed by atoms with van der Waals surface area (Å²) in [4.78, 5) is 11.0. The molecule has 2 aliphatic carbocycles. The largest absolute Gasteiger partial charge is 0.227 e. The smallest absolute Gasteiger partial charge is 0.160 e.